The van der Waals surface area contributed by atoms with Crippen LogP contribution in [0.3, 0.4) is 0 Å². The van der Waals surface area contributed by atoms with Crippen molar-refractivity contribution in [3.8, 4) is 0 Å². The lowest BCUT2D eigenvalue weighted by molar-refractivity contribution is 0.506. The van der Waals surface area contributed by atoms with Gasteiger partial charge in [0.25, 0.3) is 0 Å². The summed E-state index contributed by atoms with van der Waals surface area (Å²) in [5, 5.41) is 12.7. The molecule has 1 heterocycles. The van der Waals surface area contributed by atoms with Crippen LogP contribution in [0.2, 0.25) is 0 Å². The van der Waals surface area contributed by atoms with E-state index in [2.05, 4.69) is 34.3 Å². The van der Waals surface area contributed by atoms with Crippen molar-refractivity contribution in [1.29, 1.82) is 0 Å². The van der Waals surface area contributed by atoms with Gasteiger partial charge >= 0.3 is 0 Å². The van der Waals surface area contributed by atoms with E-state index in [0.29, 0.717) is 5.69 Å². The molecule has 0 aliphatic rings. The van der Waals surface area contributed by atoms with Gasteiger partial charge in [0.15, 0.2) is 0 Å². The summed E-state index contributed by atoms with van der Waals surface area (Å²) in [6, 6.07) is 1.71. The average molecular weight is 215 g/mol. The van der Waals surface area contributed by atoms with Crippen molar-refractivity contribution in [2.75, 3.05) is 0 Å². The van der Waals surface area contributed by atoms with Gasteiger partial charge in [-0.1, -0.05) is 6.58 Å². The number of aliphatic hydroxyl groups is 1. The molecule has 0 aromatic carbocycles. The van der Waals surface area contributed by atoms with Crippen molar-refractivity contribution < 1.29 is 5.11 Å². The highest BCUT2D eigenvalue weighted by atomic mass is 79.9. The third-order valence-electron chi connectivity index (χ3n) is 1.22. The van der Waals surface area contributed by atoms with Crippen molar-refractivity contribution in [2.45, 2.75) is 0 Å². The first-order valence-electron chi connectivity index (χ1n) is 2.88. The second kappa shape index (κ2) is 2.92. The quantitative estimate of drug-likeness (QED) is 0.596. The summed E-state index contributed by atoms with van der Waals surface area (Å²) in [6.45, 7) is 6.70. The van der Waals surface area contributed by atoms with E-state index < -0.39 is 0 Å². The van der Waals surface area contributed by atoms with E-state index in [-0.39, 0.29) is 5.76 Å². The fourth-order valence-electron chi connectivity index (χ4n) is 0.753. The molecule has 0 bridgehead atoms. The van der Waals surface area contributed by atoms with Gasteiger partial charge in [-0.05, 0) is 22.0 Å². The Kier molecular flexibility index (Phi) is 2.14. The summed E-state index contributed by atoms with van der Waals surface area (Å²) < 4.78 is 2.27. The van der Waals surface area contributed by atoms with Crippen LogP contribution in [-0.4, -0.2) is 16.5 Å². The molecule has 0 saturated carbocycles. The van der Waals surface area contributed by atoms with E-state index in [4.69, 9.17) is 5.11 Å². The van der Waals surface area contributed by atoms with Crippen molar-refractivity contribution in [2.24, 2.45) is 5.10 Å². The summed E-state index contributed by atoms with van der Waals surface area (Å²) in [6.07, 6.45) is 1.68. The van der Waals surface area contributed by atoms with Gasteiger partial charge in [0.2, 0.25) is 0 Å². The summed E-state index contributed by atoms with van der Waals surface area (Å²) in [7, 11) is 0. The molecule has 0 aliphatic heterocycles. The maximum absolute atomic E-state index is 9.03. The standard InChI is InChI=1S/C7H7BrN2O/c1-5(11)7-3-6(8)4-10(7)9-2/h3-4,11H,1-2H2. The van der Waals surface area contributed by atoms with Crippen LogP contribution in [0.5, 0.6) is 0 Å². The number of halogens is 1. The highest BCUT2D eigenvalue weighted by Gasteiger charge is 2.04. The first-order valence-corrected chi connectivity index (χ1v) is 3.67. The van der Waals surface area contributed by atoms with Gasteiger partial charge < -0.3 is 5.11 Å². The Morgan fingerprint density at radius 3 is 2.73 bits per heavy atom. The molecule has 1 rings (SSSR count). The number of nitrogens with zero attached hydrogens (tertiary/aromatic N) is 2. The van der Waals surface area contributed by atoms with Gasteiger partial charge in [-0.15, -0.1) is 0 Å². The van der Waals surface area contributed by atoms with Gasteiger partial charge in [0, 0.05) is 17.4 Å². The molecule has 0 fully saturated rings. The summed E-state index contributed by atoms with van der Waals surface area (Å²) >= 11 is 3.23. The van der Waals surface area contributed by atoms with E-state index in [1.54, 1.807) is 12.3 Å². The van der Waals surface area contributed by atoms with Crippen molar-refractivity contribution >= 4 is 28.4 Å². The lowest BCUT2D eigenvalue weighted by Gasteiger charge is -1.97. The Labute approximate surface area is 72.8 Å². The maximum atomic E-state index is 9.03. The maximum Gasteiger partial charge on any atom is 0.134 e. The predicted molar refractivity (Wildman–Crippen MR) is 48.7 cm³/mol. The van der Waals surface area contributed by atoms with Gasteiger partial charge in [0.05, 0.1) is 0 Å². The third kappa shape index (κ3) is 1.51. The first kappa shape index (κ1) is 8.07. The lowest BCUT2D eigenvalue weighted by Crippen LogP contribution is -1.91. The normalized spacial score (nSPS) is 9.55. The molecule has 1 N–H and O–H groups in total. The molecule has 0 saturated heterocycles. The molecular formula is C7H7BrN2O. The molecule has 0 radical (unpaired) electrons. The van der Waals surface area contributed by atoms with Gasteiger partial charge in [-0.3, -0.25) is 0 Å². The van der Waals surface area contributed by atoms with Crippen LogP contribution >= 0.6 is 15.9 Å². The van der Waals surface area contributed by atoms with Crippen LogP contribution in [0.4, 0.5) is 0 Å². The van der Waals surface area contributed by atoms with Crippen molar-refractivity contribution in [3.05, 3.63) is 29.0 Å². The number of aliphatic hydroxyl groups excluding tert-OH is 1. The minimum Gasteiger partial charge on any atom is -0.506 e. The van der Waals surface area contributed by atoms with E-state index in [9.17, 15) is 0 Å². The monoisotopic (exact) mass is 214 g/mol. The van der Waals surface area contributed by atoms with Gasteiger partial charge in [-0.2, -0.15) is 5.10 Å². The third-order valence-corrected chi connectivity index (χ3v) is 1.65. The molecule has 1 aromatic heterocycles. The number of hydrogen-bond acceptors (Lipinski definition) is 2. The van der Waals surface area contributed by atoms with Crippen LogP contribution in [0.1, 0.15) is 5.69 Å². The predicted octanol–water partition coefficient (Wildman–Crippen LogP) is 2.24. The Balaban J connectivity index is 3.22. The summed E-state index contributed by atoms with van der Waals surface area (Å²) in [4.78, 5) is 0. The minimum absolute atomic E-state index is 0.0249. The van der Waals surface area contributed by atoms with Crippen molar-refractivity contribution in [3.63, 3.8) is 0 Å². The second-order valence-corrected chi connectivity index (χ2v) is 2.89. The van der Waals surface area contributed by atoms with E-state index in [1.165, 1.54) is 4.68 Å². The fraction of sp³-hybridized carbons (Fsp3) is 0. The zero-order valence-electron chi connectivity index (χ0n) is 5.79. The molecular weight excluding hydrogens is 208 g/mol. The van der Waals surface area contributed by atoms with E-state index in [1.807, 2.05) is 0 Å². The average Bonchev–Trinajstić information content (AvgIpc) is 2.30. The Bertz CT molecular complexity index is 303. The molecule has 0 amide bonds. The molecule has 0 spiro atoms. The molecule has 3 nitrogen and oxygen atoms in total. The SMILES string of the molecule is C=Nn1cc(Br)cc1C(=C)O. The molecule has 0 atom stereocenters. The topological polar surface area (TPSA) is 37.5 Å². The number of aromatic nitrogens is 1. The zero-order chi connectivity index (χ0) is 8.43. The first-order chi connectivity index (χ1) is 5.15. The van der Waals surface area contributed by atoms with Crippen molar-refractivity contribution in [1.82, 2.24) is 4.68 Å². The summed E-state index contributed by atoms with van der Waals surface area (Å²) in [5.74, 6) is -0.0249. The Morgan fingerprint density at radius 1 is 1.73 bits per heavy atom. The summed E-state index contributed by atoms with van der Waals surface area (Å²) in [5.41, 5.74) is 0.534. The van der Waals surface area contributed by atoms with Gasteiger partial charge in [0.1, 0.15) is 11.5 Å². The van der Waals surface area contributed by atoms with Crippen LogP contribution in [0.25, 0.3) is 5.76 Å². The second-order valence-electron chi connectivity index (χ2n) is 1.98. The van der Waals surface area contributed by atoms with Crippen LogP contribution in [0.15, 0.2) is 28.4 Å². The van der Waals surface area contributed by atoms with Crippen LogP contribution in [0, 0.1) is 0 Å². The molecule has 58 valence electrons. The molecule has 1 aromatic rings. The fourth-order valence-corrected chi connectivity index (χ4v) is 1.16. The number of hydrogen-bond donors (Lipinski definition) is 1. The highest BCUT2D eigenvalue weighted by molar-refractivity contribution is 9.10. The molecule has 4 heteroatoms. The van der Waals surface area contributed by atoms with E-state index in [0.717, 1.165) is 4.47 Å². The largest absolute Gasteiger partial charge is 0.506 e. The molecule has 0 aliphatic carbocycles. The minimum atomic E-state index is -0.0249. The highest BCUT2D eigenvalue weighted by Crippen LogP contribution is 2.18. The van der Waals surface area contributed by atoms with E-state index >= 15 is 0 Å². The van der Waals surface area contributed by atoms with Crippen LogP contribution < -0.4 is 0 Å². The number of rotatable bonds is 2. The molecule has 11 heavy (non-hydrogen) atoms. The lowest BCUT2D eigenvalue weighted by atomic mass is 10.4. The van der Waals surface area contributed by atoms with Gasteiger partial charge in [-0.25, -0.2) is 4.68 Å². The Morgan fingerprint density at radius 2 is 2.36 bits per heavy atom. The van der Waals surface area contributed by atoms with Crippen LogP contribution in [-0.2, 0) is 0 Å². The molecule has 0 unspecified atom stereocenters. The Hall–Kier alpha value is -1.03. The smallest absolute Gasteiger partial charge is 0.134 e. The zero-order valence-corrected chi connectivity index (χ0v) is 7.37.